The quantitative estimate of drug-likeness (QED) is 0.614. The van der Waals surface area contributed by atoms with Crippen molar-refractivity contribution < 1.29 is 21.4 Å². The third-order valence-corrected chi connectivity index (χ3v) is 4.09. The Hall–Kier alpha value is -1.65. The van der Waals surface area contributed by atoms with Crippen molar-refractivity contribution in [3.63, 3.8) is 0 Å². The summed E-state index contributed by atoms with van der Waals surface area (Å²) in [6.45, 7) is 0. The Morgan fingerprint density at radius 3 is 1.95 bits per heavy atom. The lowest BCUT2D eigenvalue weighted by Gasteiger charge is -2.02. The molecule has 1 aromatic heterocycles. The van der Waals surface area contributed by atoms with E-state index in [9.17, 15) is 0 Å². The molecule has 0 unspecified atom stereocenters. The van der Waals surface area contributed by atoms with Gasteiger partial charge in [0.05, 0.1) is 0 Å². The summed E-state index contributed by atoms with van der Waals surface area (Å²) in [5.41, 5.74) is 3.56. The van der Waals surface area contributed by atoms with E-state index < -0.39 is 0 Å². The van der Waals surface area contributed by atoms with Crippen molar-refractivity contribution in [1.82, 2.24) is 4.58 Å². The molecule has 0 spiro atoms. The van der Waals surface area contributed by atoms with Gasteiger partial charge < -0.3 is 21.4 Å². The Morgan fingerprint density at radius 2 is 1.38 bits per heavy atom. The van der Waals surface area contributed by atoms with Gasteiger partial charge in [-0.05, 0) is 22.5 Å². The Morgan fingerprint density at radius 1 is 0.810 bits per heavy atom. The molecule has 0 atom stereocenters. The van der Waals surface area contributed by atoms with Gasteiger partial charge >= 0.3 is 4.87 Å². The van der Waals surface area contributed by atoms with E-state index >= 15 is 0 Å². The third kappa shape index (κ3) is 3.52. The van der Waals surface area contributed by atoms with Crippen LogP contribution in [0, 0.1) is 0 Å². The number of halogens is 1. The van der Waals surface area contributed by atoms with E-state index in [1.807, 2.05) is 30.1 Å². The van der Waals surface area contributed by atoms with Crippen LogP contribution in [-0.4, -0.2) is 14.1 Å². The Bertz CT molecular complexity index is 768. The zero-order valence-electron chi connectivity index (χ0n) is 11.9. The highest BCUT2D eigenvalue weighted by atomic mass is 79.9. The Kier molecular flexibility index (Phi) is 5.15. The summed E-state index contributed by atoms with van der Waals surface area (Å²) in [5.74, 6) is 0.915. The van der Waals surface area contributed by atoms with Gasteiger partial charge in [-0.3, -0.25) is 0 Å². The lowest BCUT2D eigenvalue weighted by atomic mass is 10.0. The minimum atomic E-state index is 0. The molecule has 0 saturated carbocycles. The zero-order chi connectivity index (χ0) is 13.9. The summed E-state index contributed by atoms with van der Waals surface area (Å²) < 4.78 is 7.80. The summed E-state index contributed by atoms with van der Waals surface area (Å²) >= 11 is 1.61. The molecule has 0 aliphatic carbocycles. The molecule has 2 nitrogen and oxygen atoms in total. The smallest absolute Gasteiger partial charge is 0.429 e. The van der Waals surface area contributed by atoms with Crippen LogP contribution in [0.25, 0.3) is 22.5 Å². The third-order valence-electron chi connectivity index (χ3n) is 3.11. The molecule has 21 heavy (non-hydrogen) atoms. The van der Waals surface area contributed by atoms with Crippen LogP contribution in [0.1, 0.15) is 0 Å². The molecular formula is C17H16BrNOS. The van der Waals surface area contributed by atoms with Gasteiger partial charge in [-0.1, -0.05) is 54.6 Å². The second kappa shape index (κ2) is 6.87. The summed E-state index contributed by atoms with van der Waals surface area (Å²) in [5, 5.41) is 2.05. The molecule has 0 aliphatic rings. The first kappa shape index (κ1) is 15.7. The molecule has 0 aliphatic heterocycles. The largest absolute Gasteiger partial charge is 1.00 e. The maximum Gasteiger partial charge on any atom is 0.429 e. The van der Waals surface area contributed by atoms with E-state index in [0.29, 0.717) is 0 Å². The van der Waals surface area contributed by atoms with Crippen LogP contribution >= 0.6 is 11.3 Å². The van der Waals surface area contributed by atoms with Gasteiger partial charge in [0, 0.05) is 10.9 Å². The van der Waals surface area contributed by atoms with Crippen molar-refractivity contribution in [1.29, 1.82) is 0 Å². The lowest BCUT2D eigenvalue weighted by molar-refractivity contribution is -0.00000439. The van der Waals surface area contributed by atoms with Gasteiger partial charge in [-0.25, -0.2) is 0 Å². The number of hydrogen-bond donors (Lipinski definition) is 0. The molecule has 0 radical (unpaired) electrons. The summed E-state index contributed by atoms with van der Waals surface area (Å²) in [4.78, 5) is 0.909. The predicted octanol–water partition coefficient (Wildman–Crippen LogP) is 0.711. The van der Waals surface area contributed by atoms with Crippen molar-refractivity contribution in [2.75, 3.05) is 14.1 Å². The number of benzene rings is 2. The van der Waals surface area contributed by atoms with Gasteiger partial charge in [0.1, 0.15) is 14.1 Å². The highest BCUT2D eigenvalue weighted by molar-refractivity contribution is 7.07. The van der Waals surface area contributed by atoms with Gasteiger partial charge in [-0.15, -0.1) is 0 Å². The molecule has 0 saturated heterocycles. The van der Waals surface area contributed by atoms with E-state index in [-0.39, 0.29) is 17.0 Å². The molecule has 108 valence electrons. The number of nitrogens with zero attached hydrogens (tertiary/aromatic N) is 1. The van der Waals surface area contributed by atoms with Gasteiger partial charge in [0.25, 0.3) is 0 Å². The second-order valence-electron chi connectivity index (χ2n) is 4.81. The first-order chi connectivity index (χ1) is 9.74. The maximum atomic E-state index is 5.82. The highest BCUT2D eigenvalue weighted by Crippen LogP contribution is 2.24. The molecule has 1 heterocycles. The molecule has 0 N–H and O–H groups in total. The average molecular weight is 362 g/mol. The van der Waals surface area contributed by atoms with Crippen LogP contribution in [0.5, 0.6) is 0 Å². The minimum absolute atomic E-state index is 0. The van der Waals surface area contributed by atoms with Gasteiger partial charge in [-0.2, -0.15) is 4.58 Å². The van der Waals surface area contributed by atoms with Crippen LogP contribution in [0.15, 0.2) is 64.4 Å². The predicted molar refractivity (Wildman–Crippen MR) is 84.6 cm³/mol. The topological polar surface area (TPSA) is 16.1 Å². The molecule has 0 bridgehead atoms. The van der Waals surface area contributed by atoms with Crippen LogP contribution in [-0.2, 0) is 0 Å². The number of hydrogen-bond acceptors (Lipinski definition) is 2. The fourth-order valence-electron chi connectivity index (χ4n) is 2.03. The minimum Gasteiger partial charge on any atom is -1.00 e. The van der Waals surface area contributed by atoms with Crippen molar-refractivity contribution in [3.05, 3.63) is 64.8 Å². The number of rotatable bonds is 2. The van der Waals surface area contributed by atoms with Gasteiger partial charge in [0.2, 0.25) is 0 Å². The molecule has 4 heteroatoms. The van der Waals surface area contributed by atoms with Crippen molar-refractivity contribution in [2.24, 2.45) is 0 Å². The van der Waals surface area contributed by atoms with Crippen LogP contribution < -0.4 is 26.4 Å². The highest BCUT2D eigenvalue weighted by Gasteiger charge is 2.06. The van der Waals surface area contributed by atoms with E-state index in [1.165, 1.54) is 11.1 Å². The van der Waals surface area contributed by atoms with E-state index in [2.05, 4.69) is 48.5 Å². The van der Waals surface area contributed by atoms with Gasteiger partial charge in [0.15, 0.2) is 5.76 Å². The summed E-state index contributed by atoms with van der Waals surface area (Å²) in [6.07, 6.45) is 0. The Balaban J connectivity index is 0.00000161. The normalized spacial score (nSPS) is 10.0. The zero-order valence-corrected chi connectivity index (χ0v) is 14.3. The standard InChI is InChI=1S/C17H16NOS.BrH/c1-18(2)17-19-16(12-20-17)15-10-8-14(9-11-15)13-6-4-3-5-7-13;/h3-12H,1-2H3;1H/q+1;/p-1. The molecular weight excluding hydrogens is 346 g/mol. The van der Waals surface area contributed by atoms with Crippen LogP contribution in [0.3, 0.4) is 0 Å². The summed E-state index contributed by atoms with van der Waals surface area (Å²) in [7, 11) is 3.97. The average Bonchev–Trinajstić information content (AvgIpc) is 2.98. The fraction of sp³-hybridized carbons (Fsp3) is 0.118. The van der Waals surface area contributed by atoms with Crippen LogP contribution in [0.4, 0.5) is 0 Å². The first-order valence-electron chi connectivity index (χ1n) is 6.49. The van der Waals surface area contributed by atoms with Crippen molar-refractivity contribution >= 4 is 11.3 Å². The summed E-state index contributed by atoms with van der Waals surface area (Å²) in [6, 6.07) is 18.9. The maximum absolute atomic E-state index is 5.82. The monoisotopic (exact) mass is 361 g/mol. The molecule has 0 fully saturated rings. The van der Waals surface area contributed by atoms with E-state index in [0.717, 1.165) is 16.2 Å². The molecule has 3 aromatic rings. The lowest BCUT2D eigenvalue weighted by Crippen LogP contribution is -3.00. The van der Waals surface area contributed by atoms with Crippen molar-refractivity contribution in [2.45, 2.75) is 0 Å². The fourth-order valence-corrected chi connectivity index (χ4v) is 2.77. The second-order valence-corrected chi connectivity index (χ2v) is 5.63. The van der Waals surface area contributed by atoms with Crippen molar-refractivity contribution in [3.8, 4) is 22.5 Å². The molecule has 3 rings (SSSR count). The first-order valence-corrected chi connectivity index (χ1v) is 7.37. The molecule has 0 amide bonds. The van der Waals surface area contributed by atoms with E-state index in [4.69, 9.17) is 4.42 Å². The van der Waals surface area contributed by atoms with Crippen LogP contribution in [0.2, 0.25) is 0 Å². The van der Waals surface area contributed by atoms with E-state index in [1.54, 1.807) is 11.3 Å². The SMILES string of the molecule is C[N+](C)=c1oc(-c2ccc(-c3ccccc3)cc2)cs1.[Br-]. The Labute approximate surface area is 138 Å². The molecule has 2 aromatic carbocycles.